The largest absolute Gasteiger partial charge is 0.448 e. The van der Waals surface area contributed by atoms with Crippen molar-refractivity contribution in [3.05, 3.63) is 54.4 Å². The molecular formula is C19H19IN2O3. The number of carbonyl (C=O) groups is 2. The van der Waals surface area contributed by atoms with Crippen LogP contribution in [-0.2, 0) is 11.2 Å². The Morgan fingerprint density at radius 2 is 2.00 bits per heavy atom. The predicted octanol–water partition coefficient (Wildman–Crippen LogP) is 4.30. The molecule has 0 aliphatic heterocycles. The van der Waals surface area contributed by atoms with Crippen LogP contribution in [0.2, 0.25) is 0 Å². The number of halogens is 1. The zero-order valence-electron chi connectivity index (χ0n) is 13.9. The van der Waals surface area contributed by atoms with Gasteiger partial charge in [-0.25, -0.2) is 0 Å². The highest BCUT2D eigenvalue weighted by molar-refractivity contribution is 14.1. The maximum absolute atomic E-state index is 12.9. The van der Waals surface area contributed by atoms with Crippen molar-refractivity contribution in [3.63, 3.8) is 0 Å². The van der Waals surface area contributed by atoms with Crippen LogP contribution in [0.5, 0.6) is 0 Å². The molecule has 0 aliphatic rings. The minimum Gasteiger partial charge on any atom is -0.448 e. The van der Waals surface area contributed by atoms with E-state index >= 15 is 0 Å². The van der Waals surface area contributed by atoms with Crippen LogP contribution in [0.4, 0.5) is 5.88 Å². The molecule has 0 spiro atoms. The van der Waals surface area contributed by atoms with Crippen LogP contribution in [0.25, 0.3) is 10.9 Å². The average molecular weight is 450 g/mol. The number of fused-ring (bicyclic) bond motifs is 1. The fraction of sp³-hybridized carbons (Fsp3) is 0.263. The monoisotopic (exact) mass is 450 g/mol. The topological polar surface area (TPSA) is 55.5 Å². The molecule has 0 bridgehead atoms. The summed E-state index contributed by atoms with van der Waals surface area (Å²) in [6.07, 6.45) is 4.45. The van der Waals surface area contributed by atoms with Gasteiger partial charge in [-0.2, -0.15) is 0 Å². The van der Waals surface area contributed by atoms with E-state index in [0.29, 0.717) is 12.4 Å². The van der Waals surface area contributed by atoms with Crippen molar-refractivity contribution in [1.82, 2.24) is 4.57 Å². The highest BCUT2D eigenvalue weighted by Crippen LogP contribution is 2.24. The third kappa shape index (κ3) is 3.78. The molecule has 130 valence electrons. The molecule has 3 rings (SSSR count). The fourth-order valence-corrected chi connectivity index (χ4v) is 3.25. The molecule has 0 radical (unpaired) electrons. The molecule has 5 nitrogen and oxygen atoms in total. The minimum atomic E-state index is -0.0669. The van der Waals surface area contributed by atoms with Gasteiger partial charge in [0, 0.05) is 35.5 Å². The number of nitrogens with zero attached hydrogens (tertiary/aromatic N) is 2. The van der Waals surface area contributed by atoms with Crippen molar-refractivity contribution in [3.8, 4) is 0 Å². The van der Waals surface area contributed by atoms with E-state index in [1.54, 1.807) is 34.1 Å². The van der Waals surface area contributed by atoms with Gasteiger partial charge in [-0.05, 0) is 24.1 Å². The first-order chi connectivity index (χ1) is 12.1. The molecule has 3 aromatic rings. The van der Waals surface area contributed by atoms with Gasteiger partial charge in [0.15, 0.2) is 0 Å². The molecule has 1 amide bonds. The van der Waals surface area contributed by atoms with Gasteiger partial charge in [0.2, 0.25) is 17.7 Å². The van der Waals surface area contributed by atoms with Crippen molar-refractivity contribution in [2.75, 3.05) is 15.9 Å². The summed E-state index contributed by atoms with van der Waals surface area (Å²) >= 11 is 2.30. The summed E-state index contributed by atoms with van der Waals surface area (Å²) in [6, 6.07) is 11.2. The smallest absolute Gasteiger partial charge is 0.233 e. The zero-order valence-corrected chi connectivity index (χ0v) is 16.1. The number of amides is 1. The molecule has 2 aromatic heterocycles. The lowest BCUT2D eigenvalue weighted by atomic mass is 10.1. The Kier molecular flexibility index (Phi) is 5.57. The molecule has 0 saturated heterocycles. The van der Waals surface area contributed by atoms with Crippen molar-refractivity contribution in [2.45, 2.75) is 19.8 Å². The van der Waals surface area contributed by atoms with E-state index in [9.17, 15) is 9.59 Å². The lowest BCUT2D eigenvalue weighted by molar-refractivity contribution is -0.118. The van der Waals surface area contributed by atoms with E-state index in [0.717, 1.165) is 27.3 Å². The summed E-state index contributed by atoms with van der Waals surface area (Å²) < 4.78 is 7.99. The number of para-hydroxylation sites is 1. The number of hydrogen-bond donors (Lipinski definition) is 0. The van der Waals surface area contributed by atoms with Gasteiger partial charge in [-0.15, -0.1) is 0 Å². The summed E-state index contributed by atoms with van der Waals surface area (Å²) in [6.45, 7) is 2.13. The molecule has 0 aliphatic carbocycles. The van der Waals surface area contributed by atoms with Crippen LogP contribution in [0.1, 0.15) is 23.7 Å². The van der Waals surface area contributed by atoms with Gasteiger partial charge in [-0.3, -0.25) is 19.1 Å². The Morgan fingerprint density at radius 1 is 1.20 bits per heavy atom. The van der Waals surface area contributed by atoms with Crippen molar-refractivity contribution in [2.24, 2.45) is 0 Å². The van der Waals surface area contributed by atoms with Crippen LogP contribution in [0.3, 0.4) is 0 Å². The second-order valence-electron chi connectivity index (χ2n) is 5.78. The van der Waals surface area contributed by atoms with Gasteiger partial charge in [0.1, 0.15) is 0 Å². The SMILES string of the molecule is CC(=O)n1cc(CC(=O)N(CCCI)c2ccco2)c2ccccc21. The molecule has 6 heteroatoms. The quantitative estimate of drug-likeness (QED) is 0.416. The lowest BCUT2D eigenvalue weighted by Crippen LogP contribution is -2.33. The van der Waals surface area contributed by atoms with Gasteiger partial charge in [-0.1, -0.05) is 40.8 Å². The van der Waals surface area contributed by atoms with Crippen LogP contribution in [0.15, 0.2) is 53.3 Å². The molecule has 0 N–H and O–H groups in total. The molecule has 0 fully saturated rings. The number of carbonyl (C=O) groups excluding carboxylic acids is 2. The third-order valence-corrected chi connectivity index (χ3v) is 4.83. The Labute approximate surface area is 159 Å². The van der Waals surface area contributed by atoms with E-state index < -0.39 is 0 Å². The number of alkyl halides is 1. The van der Waals surface area contributed by atoms with E-state index in [1.807, 2.05) is 24.3 Å². The Bertz CT molecular complexity index is 883. The first-order valence-corrected chi connectivity index (χ1v) is 9.64. The average Bonchev–Trinajstić information content (AvgIpc) is 3.24. The molecule has 25 heavy (non-hydrogen) atoms. The molecule has 0 atom stereocenters. The summed E-state index contributed by atoms with van der Waals surface area (Å²) in [4.78, 5) is 26.5. The number of aromatic nitrogens is 1. The summed E-state index contributed by atoms with van der Waals surface area (Å²) in [7, 11) is 0. The summed E-state index contributed by atoms with van der Waals surface area (Å²) in [5, 5.41) is 0.930. The van der Waals surface area contributed by atoms with E-state index in [2.05, 4.69) is 22.6 Å². The molecule has 0 unspecified atom stereocenters. The maximum Gasteiger partial charge on any atom is 0.233 e. The predicted molar refractivity (Wildman–Crippen MR) is 107 cm³/mol. The second-order valence-corrected chi connectivity index (χ2v) is 6.86. The Balaban J connectivity index is 1.91. The number of anilines is 1. The molecule has 1 aromatic carbocycles. The Morgan fingerprint density at radius 3 is 2.68 bits per heavy atom. The minimum absolute atomic E-state index is 0.0359. The normalized spacial score (nSPS) is 11.0. The number of hydrogen-bond acceptors (Lipinski definition) is 3. The van der Waals surface area contributed by atoms with Gasteiger partial charge in [0.05, 0.1) is 18.2 Å². The fourth-order valence-electron chi connectivity index (χ4n) is 2.91. The van der Waals surface area contributed by atoms with Gasteiger partial charge < -0.3 is 4.42 Å². The number of benzene rings is 1. The lowest BCUT2D eigenvalue weighted by Gasteiger charge is -2.19. The second kappa shape index (κ2) is 7.86. The molecule has 0 saturated carbocycles. The van der Waals surface area contributed by atoms with Crippen LogP contribution < -0.4 is 4.90 Å². The van der Waals surface area contributed by atoms with E-state index in [1.165, 1.54) is 6.92 Å². The van der Waals surface area contributed by atoms with E-state index in [4.69, 9.17) is 4.42 Å². The Hall–Kier alpha value is -2.09. The van der Waals surface area contributed by atoms with Crippen molar-refractivity contribution in [1.29, 1.82) is 0 Å². The number of rotatable bonds is 6. The molecular weight excluding hydrogens is 431 g/mol. The van der Waals surface area contributed by atoms with Crippen molar-refractivity contribution < 1.29 is 14.0 Å². The summed E-state index contributed by atoms with van der Waals surface area (Å²) in [5.74, 6) is 0.458. The highest BCUT2D eigenvalue weighted by Gasteiger charge is 2.20. The van der Waals surface area contributed by atoms with Gasteiger partial charge >= 0.3 is 0 Å². The van der Waals surface area contributed by atoms with Crippen LogP contribution in [-0.4, -0.2) is 27.4 Å². The number of furan rings is 1. The van der Waals surface area contributed by atoms with E-state index in [-0.39, 0.29) is 18.2 Å². The standard InChI is InChI=1S/C19H19IN2O3/c1-14(23)22-13-15(16-6-2-3-7-17(16)22)12-18(24)21(10-5-9-20)19-8-4-11-25-19/h2-4,6-8,11,13H,5,9-10,12H2,1H3. The highest BCUT2D eigenvalue weighted by atomic mass is 127. The van der Waals surface area contributed by atoms with Crippen LogP contribution >= 0.6 is 22.6 Å². The first kappa shape index (κ1) is 17.7. The summed E-state index contributed by atoms with van der Waals surface area (Å²) in [5.41, 5.74) is 1.68. The zero-order chi connectivity index (χ0) is 17.8. The molecule has 2 heterocycles. The van der Waals surface area contributed by atoms with Crippen LogP contribution in [0, 0.1) is 0 Å². The van der Waals surface area contributed by atoms with Gasteiger partial charge in [0.25, 0.3) is 0 Å². The third-order valence-electron chi connectivity index (χ3n) is 4.06. The maximum atomic E-state index is 12.9. The van der Waals surface area contributed by atoms with Crippen molar-refractivity contribution >= 4 is 51.2 Å². The first-order valence-electron chi connectivity index (χ1n) is 8.11.